The number of halogens is 3. The van der Waals surface area contributed by atoms with Crippen LogP contribution in [0.5, 0.6) is 0 Å². The van der Waals surface area contributed by atoms with E-state index >= 15 is 0 Å². The summed E-state index contributed by atoms with van der Waals surface area (Å²) in [4.78, 5) is 4.08. The Morgan fingerprint density at radius 2 is 2.10 bits per heavy atom. The molecule has 0 fully saturated rings. The fraction of sp³-hybridized carbons (Fsp3) is 0.385. The van der Waals surface area contributed by atoms with Gasteiger partial charge in [0, 0.05) is 6.42 Å². The number of aromatic nitrogens is 2. The molecule has 0 saturated heterocycles. The maximum absolute atomic E-state index is 12.6. The summed E-state index contributed by atoms with van der Waals surface area (Å²) in [6.45, 7) is 1.88. The van der Waals surface area contributed by atoms with E-state index in [0.29, 0.717) is 23.7 Å². The van der Waals surface area contributed by atoms with E-state index in [9.17, 15) is 13.2 Å². The lowest BCUT2D eigenvalue weighted by atomic mass is 10.1. The van der Waals surface area contributed by atoms with Crippen LogP contribution in [-0.4, -0.2) is 10.1 Å². The summed E-state index contributed by atoms with van der Waals surface area (Å²) in [7, 11) is 0. The van der Waals surface area contributed by atoms with Crippen molar-refractivity contribution in [2.75, 3.05) is 0 Å². The lowest BCUT2D eigenvalue weighted by Crippen LogP contribution is -2.09. The van der Waals surface area contributed by atoms with Crippen molar-refractivity contribution in [1.29, 1.82) is 0 Å². The standard InChI is InChI=1S/C13H14F3N3O/c1-2-10(17)12-18-11(19-20-12)7-8-4-3-5-9(6-8)13(14,15)16/h3-6,10H,2,7,17H2,1H3/t10-/m1/s1. The Labute approximate surface area is 113 Å². The third kappa shape index (κ3) is 3.36. The van der Waals surface area contributed by atoms with Gasteiger partial charge in [0.2, 0.25) is 5.89 Å². The molecule has 1 atom stereocenters. The smallest absolute Gasteiger partial charge is 0.338 e. The summed E-state index contributed by atoms with van der Waals surface area (Å²) in [5.41, 5.74) is 5.52. The van der Waals surface area contributed by atoms with Crippen molar-refractivity contribution in [2.24, 2.45) is 5.73 Å². The number of benzene rings is 1. The Balaban J connectivity index is 2.16. The first-order valence-electron chi connectivity index (χ1n) is 6.14. The van der Waals surface area contributed by atoms with Gasteiger partial charge in [-0.3, -0.25) is 0 Å². The Morgan fingerprint density at radius 1 is 1.35 bits per heavy atom. The lowest BCUT2D eigenvalue weighted by molar-refractivity contribution is -0.137. The van der Waals surface area contributed by atoms with Gasteiger partial charge in [0.25, 0.3) is 0 Å². The van der Waals surface area contributed by atoms with Gasteiger partial charge in [0.15, 0.2) is 5.82 Å². The van der Waals surface area contributed by atoms with E-state index in [1.54, 1.807) is 6.07 Å². The van der Waals surface area contributed by atoms with Crippen LogP contribution in [0.25, 0.3) is 0 Å². The molecule has 0 spiro atoms. The van der Waals surface area contributed by atoms with Crippen LogP contribution in [0, 0.1) is 0 Å². The molecule has 0 bridgehead atoms. The van der Waals surface area contributed by atoms with E-state index in [1.807, 2.05) is 6.92 Å². The Morgan fingerprint density at radius 3 is 2.75 bits per heavy atom. The molecular weight excluding hydrogens is 271 g/mol. The molecule has 7 heteroatoms. The molecule has 108 valence electrons. The van der Waals surface area contributed by atoms with Gasteiger partial charge in [0.05, 0.1) is 11.6 Å². The summed E-state index contributed by atoms with van der Waals surface area (Å²) in [5, 5.41) is 3.72. The number of rotatable bonds is 4. The fourth-order valence-corrected chi connectivity index (χ4v) is 1.70. The zero-order valence-electron chi connectivity index (χ0n) is 10.8. The van der Waals surface area contributed by atoms with Crippen molar-refractivity contribution in [3.8, 4) is 0 Å². The van der Waals surface area contributed by atoms with Gasteiger partial charge in [-0.05, 0) is 18.1 Å². The van der Waals surface area contributed by atoms with E-state index in [4.69, 9.17) is 10.3 Å². The predicted octanol–water partition coefficient (Wildman–Crippen LogP) is 3.09. The van der Waals surface area contributed by atoms with Crippen LogP contribution in [0.15, 0.2) is 28.8 Å². The molecule has 0 radical (unpaired) electrons. The number of hydrogen-bond donors (Lipinski definition) is 1. The second kappa shape index (κ2) is 5.62. The molecule has 2 N–H and O–H groups in total. The zero-order valence-corrected chi connectivity index (χ0v) is 10.8. The lowest BCUT2D eigenvalue weighted by Gasteiger charge is -2.07. The molecule has 4 nitrogen and oxygen atoms in total. The van der Waals surface area contributed by atoms with Crippen molar-refractivity contribution in [2.45, 2.75) is 32.0 Å². The Hall–Kier alpha value is -1.89. The molecule has 1 heterocycles. The average molecular weight is 285 g/mol. The van der Waals surface area contributed by atoms with Crippen molar-refractivity contribution in [1.82, 2.24) is 10.1 Å². The SMILES string of the molecule is CC[C@@H](N)c1nc(Cc2cccc(C(F)(F)F)c2)no1. The highest BCUT2D eigenvalue weighted by Gasteiger charge is 2.30. The molecule has 0 aliphatic heterocycles. The minimum atomic E-state index is -4.36. The van der Waals surface area contributed by atoms with Crippen LogP contribution >= 0.6 is 0 Å². The topological polar surface area (TPSA) is 64.9 Å². The number of alkyl halides is 3. The van der Waals surface area contributed by atoms with Crippen LogP contribution in [0.1, 0.15) is 42.2 Å². The summed E-state index contributed by atoms with van der Waals surface area (Å²) in [5.74, 6) is 0.623. The van der Waals surface area contributed by atoms with Crippen molar-refractivity contribution in [3.05, 3.63) is 47.1 Å². The summed E-state index contributed by atoms with van der Waals surface area (Å²) in [6.07, 6.45) is -3.54. The monoisotopic (exact) mass is 285 g/mol. The Bertz CT molecular complexity index is 580. The van der Waals surface area contributed by atoms with Crippen LogP contribution in [0.2, 0.25) is 0 Å². The number of hydrogen-bond acceptors (Lipinski definition) is 4. The second-order valence-corrected chi connectivity index (χ2v) is 4.44. The molecule has 2 aromatic rings. The van der Waals surface area contributed by atoms with Crippen LogP contribution in [0.4, 0.5) is 13.2 Å². The first kappa shape index (κ1) is 14.5. The van der Waals surface area contributed by atoms with Crippen LogP contribution in [-0.2, 0) is 12.6 Å². The third-order valence-corrected chi connectivity index (χ3v) is 2.86. The molecule has 0 aliphatic rings. The van der Waals surface area contributed by atoms with Gasteiger partial charge < -0.3 is 10.3 Å². The fourth-order valence-electron chi connectivity index (χ4n) is 1.70. The van der Waals surface area contributed by atoms with Crippen LogP contribution in [0.3, 0.4) is 0 Å². The third-order valence-electron chi connectivity index (χ3n) is 2.86. The minimum absolute atomic E-state index is 0.170. The molecular formula is C13H14F3N3O. The van der Waals surface area contributed by atoms with E-state index in [0.717, 1.165) is 12.1 Å². The first-order valence-corrected chi connectivity index (χ1v) is 6.14. The molecule has 0 amide bonds. The largest absolute Gasteiger partial charge is 0.416 e. The van der Waals surface area contributed by atoms with E-state index in [1.165, 1.54) is 6.07 Å². The van der Waals surface area contributed by atoms with Gasteiger partial charge in [-0.25, -0.2) is 0 Å². The van der Waals surface area contributed by atoms with Crippen LogP contribution < -0.4 is 5.73 Å². The Kier molecular flexibility index (Phi) is 4.08. The summed E-state index contributed by atoms with van der Waals surface area (Å²) in [6, 6.07) is 4.70. The highest BCUT2D eigenvalue weighted by molar-refractivity contribution is 5.27. The molecule has 0 aliphatic carbocycles. The first-order chi connectivity index (χ1) is 9.40. The number of nitrogens with two attached hydrogens (primary N) is 1. The van der Waals surface area contributed by atoms with E-state index in [-0.39, 0.29) is 12.5 Å². The maximum Gasteiger partial charge on any atom is 0.416 e. The second-order valence-electron chi connectivity index (χ2n) is 4.44. The molecule has 0 unspecified atom stereocenters. The quantitative estimate of drug-likeness (QED) is 0.937. The number of nitrogens with zero attached hydrogens (tertiary/aromatic N) is 2. The van der Waals surface area contributed by atoms with Crippen molar-refractivity contribution < 1.29 is 17.7 Å². The molecule has 20 heavy (non-hydrogen) atoms. The van der Waals surface area contributed by atoms with Gasteiger partial charge in [-0.2, -0.15) is 18.2 Å². The van der Waals surface area contributed by atoms with Gasteiger partial charge in [0.1, 0.15) is 0 Å². The van der Waals surface area contributed by atoms with Crippen molar-refractivity contribution >= 4 is 0 Å². The average Bonchev–Trinajstić information content (AvgIpc) is 2.85. The highest BCUT2D eigenvalue weighted by atomic mass is 19.4. The predicted molar refractivity (Wildman–Crippen MR) is 65.8 cm³/mol. The molecule has 0 saturated carbocycles. The van der Waals surface area contributed by atoms with Gasteiger partial charge in [-0.1, -0.05) is 30.3 Å². The molecule has 2 rings (SSSR count). The van der Waals surface area contributed by atoms with Gasteiger partial charge >= 0.3 is 6.18 Å². The summed E-state index contributed by atoms with van der Waals surface area (Å²) >= 11 is 0. The maximum atomic E-state index is 12.6. The zero-order chi connectivity index (χ0) is 14.8. The normalized spacial score (nSPS) is 13.4. The van der Waals surface area contributed by atoms with E-state index in [2.05, 4.69) is 10.1 Å². The van der Waals surface area contributed by atoms with Gasteiger partial charge in [-0.15, -0.1) is 0 Å². The van der Waals surface area contributed by atoms with E-state index < -0.39 is 11.7 Å². The molecule has 1 aromatic heterocycles. The molecule has 1 aromatic carbocycles. The summed E-state index contributed by atoms with van der Waals surface area (Å²) < 4.78 is 42.8. The minimum Gasteiger partial charge on any atom is -0.338 e. The highest BCUT2D eigenvalue weighted by Crippen LogP contribution is 2.29. The van der Waals surface area contributed by atoms with Crippen molar-refractivity contribution in [3.63, 3.8) is 0 Å².